The molecule has 1 saturated heterocycles. The van der Waals surface area contributed by atoms with Crippen molar-refractivity contribution in [1.82, 2.24) is 4.90 Å². The topological polar surface area (TPSA) is 80.8 Å². The Morgan fingerprint density at radius 1 is 0.775 bits per heavy atom. The molecule has 1 heterocycles. The van der Waals surface area contributed by atoms with E-state index in [1.165, 1.54) is 12.0 Å². The molecule has 1 amide bonds. The summed E-state index contributed by atoms with van der Waals surface area (Å²) < 4.78 is 20.3. The highest BCUT2D eigenvalue weighted by Crippen LogP contribution is 2.45. The van der Waals surface area contributed by atoms with Crippen molar-refractivity contribution in [3.8, 4) is 0 Å². The van der Waals surface area contributed by atoms with Crippen LogP contribution in [0.4, 0.5) is 0 Å². The minimum Gasteiger partial charge on any atom is -0.467 e. The van der Waals surface area contributed by atoms with Gasteiger partial charge in [-0.1, -0.05) is 115 Å². The Kier molecular flexibility index (Phi) is 8.09. The number of carbonyl (C=O) groups is 3. The van der Waals surface area contributed by atoms with Gasteiger partial charge in [-0.2, -0.15) is 0 Å². The van der Waals surface area contributed by atoms with E-state index in [1.807, 2.05) is 60.7 Å². The van der Waals surface area contributed by atoms with Gasteiger partial charge in [-0.05, 0) is 18.4 Å². The smallest absolute Gasteiger partial charge is 0.328 e. The summed E-state index contributed by atoms with van der Waals surface area (Å²) in [6, 6.07) is 33.1. The second-order valence-corrected chi connectivity index (χ2v) is 12.4. The van der Waals surface area contributed by atoms with Gasteiger partial charge < -0.3 is 14.2 Å². The SMILES string of the molecule is COC(=O)[C@@H]1CCCN1C(=O)C(C(=O)c1ccccc1)c1ccccc1P(=O)(c1ccccc1)c1ccccc1. The van der Waals surface area contributed by atoms with Crippen LogP contribution in [0.15, 0.2) is 115 Å². The normalized spacial score (nSPS) is 15.8. The molecule has 0 aliphatic carbocycles. The molecule has 2 atom stereocenters. The maximum atomic E-state index is 15.4. The van der Waals surface area contributed by atoms with Gasteiger partial charge in [0.25, 0.3) is 0 Å². The molecule has 0 bridgehead atoms. The Balaban J connectivity index is 1.73. The Morgan fingerprint density at radius 3 is 1.88 bits per heavy atom. The lowest BCUT2D eigenvalue weighted by Gasteiger charge is -2.30. The van der Waals surface area contributed by atoms with E-state index in [-0.39, 0.29) is 0 Å². The van der Waals surface area contributed by atoms with Gasteiger partial charge in [-0.15, -0.1) is 0 Å². The Bertz CT molecular complexity index is 1510. The lowest BCUT2D eigenvalue weighted by Crippen LogP contribution is -2.46. The summed E-state index contributed by atoms with van der Waals surface area (Å²) in [4.78, 5) is 42.6. The van der Waals surface area contributed by atoms with E-state index in [0.717, 1.165) is 0 Å². The first-order valence-corrected chi connectivity index (χ1v) is 15.0. The third-order valence-corrected chi connectivity index (χ3v) is 10.5. The van der Waals surface area contributed by atoms with E-state index in [4.69, 9.17) is 4.74 Å². The molecular formula is C33H30NO5P. The zero-order valence-corrected chi connectivity index (χ0v) is 23.1. The predicted octanol–water partition coefficient (Wildman–Crippen LogP) is 4.46. The van der Waals surface area contributed by atoms with Gasteiger partial charge in [0.15, 0.2) is 12.9 Å². The summed E-state index contributed by atoms with van der Waals surface area (Å²) in [7, 11) is -2.23. The van der Waals surface area contributed by atoms with E-state index in [0.29, 0.717) is 46.4 Å². The molecule has 4 aromatic rings. The number of rotatable bonds is 8. The molecule has 0 saturated carbocycles. The molecule has 6 nitrogen and oxygen atoms in total. The number of ether oxygens (including phenoxy) is 1. The number of Topliss-reactive ketones (excluding diaryl/α,β-unsaturated/α-hetero) is 1. The van der Waals surface area contributed by atoms with Gasteiger partial charge in [0.1, 0.15) is 12.0 Å². The second kappa shape index (κ2) is 11.8. The largest absolute Gasteiger partial charge is 0.467 e. The molecule has 1 unspecified atom stereocenters. The Morgan fingerprint density at radius 2 is 1.30 bits per heavy atom. The van der Waals surface area contributed by atoms with E-state index in [2.05, 4.69) is 0 Å². The number of methoxy groups -OCH3 is 1. The summed E-state index contributed by atoms with van der Waals surface area (Å²) in [5, 5.41) is 1.62. The van der Waals surface area contributed by atoms with Crippen LogP contribution in [0, 0.1) is 0 Å². The fourth-order valence-corrected chi connectivity index (χ4v) is 8.36. The molecule has 7 heteroatoms. The quantitative estimate of drug-likeness (QED) is 0.140. The summed E-state index contributed by atoms with van der Waals surface area (Å²) in [6.07, 6.45) is 1.07. The summed E-state index contributed by atoms with van der Waals surface area (Å²) in [5.74, 6) is -2.72. The van der Waals surface area contributed by atoms with Crippen molar-refractivity contribution < 1.29 is 23.7 Å². The van der Waals surface area contributed by atoms with Crippen LogP contribution in [0.2, 0.25) is 0 Å². The van der Waals surface area contributed by atoms with Crippen LogP contribution in [0.5, 0.6) is 0 Å². The zero-order valence-electron chi connectivity index (χ0n) is 22.2. The lowest BCUT2D eigenvalue weighted by molar-refractivity contribution is -0.151. The second-order valence-electron chi connectivity index (χ2n) is 9.72. The van der Waals surface area contributed by atoms with Crippen LogP contribution >= 0.6 is 7.14 Å². The number of carbonyl (C=O) groups excluding carboxylic acids is 3. The van der Waals surface area contributed by atoms with Gasteiger partial charge in [-0.3, -0.25) is 9.59 Å². The van der Waals surface area contributed by atoms with Crippen LogP contribution in [0.25, 0.3) is 0 Å². The first-order chi connectivity index (χ1) is 19.5. The number of nitrogens with zero attached hydrogens (tertiary/aromatic N) is 1. The number of likely N-dealkylation sites (tertiary alicyclic amines) is 1. The fourth-order valence-electron chi connectivity index (χ4n) is 5.45. The van der Waals surface area contributed by atoms with Crippen LogP contribution in [0.1, 0.15) is 34.7 Å². The number of amides is 1. The third-order valence-electron chi connectivity index (χ3n) is 7.40. The minimum absolute atomic E-state index is 0.328. The van der Waals surface area contributed by atoms with Gasteiger partial charge in [-0.25, -0.2) is 4.79 Å². The Hall–Kier alpha value is -4.28. The average Bonchev–Trinajstić information content (AvgIpc) is 3.52. The van der Waals surface area contributed by atoms with Gasteiger partial charge in [0.2, 0.25) is 5.91 Å². The van der Waals surface area contributed by atoms with Crippen molar-refractivity contribution >= 4 is 40.7 Å². The van der Waals surface area contributed by atoms with Crippen LogP contribution in [-0.4, -0.2) is 42.3 Å². The van der Waals surface area contributed by atoms with E-state index >= 15 is 4.57 Å². The molecule has 1 aliphatic rings. The van der Waals surface area contributed by atoms with Gasteiger partial charge in [0, 0.05) is 28.0 Å². The molecule has 4 aromatic carbocycles. The monoisotopic (exact) mass is 551 g/mol. The minimum atomic E-state index is -3.53. The molecule has 0 radical (unpaired) electrons. The van der Waals surface area contributed by atoms with Crippen molar-refractivity contribution in [1.29, 1.82) is 0 Å². The molecule has 0 N–H and O–H groups in total. The zero-order chi connectivity index (χ0) is 28.1. The number of hydrogen-bond acceptors (Lipinski definition) is 5. The van der Waals surface area contributed by atoms with Crippen molar-refractivity contribution in [3.63, 3.8) is 0 Å². The summed E-state index contributed by atoms with van der Waals surface area (Å²) >= 11 is 0. The first kappa shape index (κ1) is 27.3. The van der Waals surface area contributed by atoms with Crippen molar-refractivity contribution in [2.45, 2.75) is 24.8 Å². The maximum Gasteiger partial charge on any atom is 0.328 e. The standard InChI is InChI=1S/C33H30NO5P/c1-39-33(37)28-21-13-23-34(28)32(36)30(31(35)24-14-5-2-6-15-24)27-20-11-12-22-29(27)40(38,25-16-7-3-8-17-25)26-18-9-4-10-19-26/h2-12,14-20,22,28,30H,13,21,23H2,1H3/t28-,30?/m0/s1. The first-order valence-electron chi connectivity index (χ1n) is 13.2. The molecule has 40 heavy (non-hydrogen) atoms. The predicted molar refractivity (Wildman–Crippen MR) is 156 cm³/mol. The van der Waals surface area contributed by atoms with E-state index in [9.17, 15) is 14.4 Å². The molecular weight excluding hydrogens is 521 g/mol. The van der Waals surface area contributed by atoms with Crippen molar-refractivity contribution in [3.05, 3.63) is 126 Å². The van der Waals surface area contributed by atoms with Crippen molar-refractivity contribution in [2.75, 3.05) is 13.7 Å². The molecule has 0 spiro atoms. The average molecular weight is 552 g/mol. The molecule has 5 rings (SSSR count). The molecule has 1 aliphatic heterocycles. The number of esters is 1. The molecule has 1 fully saturated rings. The van der Waals surface area contributed by atoms with Crippen LogP contribution < -0.4 is 15.9 Å². The van der Waals surface area contributed by atoms with Crippen molar-refractivity contribution in [2.24, 2.45) is 0 Å². The highest BCUT2D eigenvalue weighted by molar-refractivity contribution is 7.85. The maximum absolute atomic E-state index is 15.4. The molecule has 202 valence electrons. The third kappa shape index (κ3) is 5.03. The number of ketones is 1. The van der Waals surface area contributed by atoms with Crippen LogP contribution in [0.3, 0.4) is 0 Å². The van der Waals surface area contributed by atoms with Gasteiger partial charge >= 0.3 is 5.97 Å². The van der Waals surface area contributed by atoms with Gasteiger partial charge in [0.05, 0.1) is 7.11 Å². The van der Waals surface area contributed by atoms with E-state index < -0.39 is 36.8 Å². The number of hydrogen-bond donors (Lipinski definition) is 0. The highest BCUT2D eigenvalue weighted by Gasteiger charge is 2.43. The highest BCUT2D eigenvalue weighted by atomic mass is 31.2. The fraction of sp³-hybridized carbons (Fsp3) is 0.182. The molecule has 0 aromatic heterocycles. The Labute approximate surface area is 234 Å². The van der Waals surface area contributed by atoms with E-state index in [1.54, 1.807) is 54.6 Å². The number of benzene rings is 4. The van der Waals surface area contributed by atoms with Crippen LogP contribution in [-0.2, 0) is 18.9 Å². The summed E-state index contributed by atoms with van der Waals surface area (Å²) in [5.41, 5.74) is 0.728. The lowest BCUT2D eigenvalue weighted by atomic mass is 9.89. The summed E-state index contributed by atoms with van der Waals surface area (Å²) in [6.45, 7) is 0.328.